The summed E-state index contributed by atoms with van der Waals surface area (Å²) in [6.45, 7) is 3.31. The van der Waals surface area contributed by atoms with Gasteiger partial charge in [0.15, 0.2) is 18.1 Å². The van der Waals surface area contributed by atoms with E-state index in [1.54, 1.807) is 13.8 Å². The van der Waals surface area contributed by atoms with Crippen molar-refractivity contribution in [2.45, 2.75) is 26.1 Å². The molecule has 1 aromatic carbocycles. The zero-order chi connectivity index (χ0) is 22.5. The van der Waals surface area contributed by atoms with Crippen molar-refractivity contribution in [2.75, 3.05) is 19.0 Å². The number of H-pyrrole nitrogens is 1. The normalized spacial score (nSPS) is 11.2. The largest absolute Gasteiger partial charge is 0.493 e. The van der Waals surface area contributed by atoms with E-state index in [1.165, 1.54) is 25.3 Å². The first kappa shape index (κ1) is 22.8. The summed E-state index contributed by atoms with van der Waals surface area (Å²) in [7, 11) is 1.32. The maximum absolute atomic E-state index is 12.8. The Labute approximate surface area is 169 Å². The highest BCUT2D eigenvalue weighted by molar-refractivity contribution is 6.04. The van der Waals surface area contributed by atoms with Gasteiger partial charge in [-0.25, -0.2) is 0 Å². The molecule has 8 nitrogen and oxygen atoms in total. The van der Waals surface area contributed by atoms with Gasteiger partial charge in [0.25, 0.3) is 17.4 Å². The fourth-order valence-electron chi connectivity index (χ4n) is 2.37. The Morgan fingerprint density at radius 1 is 1.17 bits per heavy atom. The van der Waals surface area contributed by atoms with Gasteiger partial charge in [0.05, 0.1) is 12.7 Å². The van der Waals surface area contributed by atoms with E-state index < -0.39 is 28.9 Å². The van der Waals surface area contributed by atoms with Gasteiger partial charge in [0.1, 0.15) is 5.69 Å². The lowest BCUT2D eigenvalue weighted by Gasteiger charge is -2.13. The summed E-state index contributed by atoms with van der Waals surface area (Å²) in [6.07, 6.45) is -4.17. The number of carbonyl (C=O) groups excluding carboxylic acids is 2. The molecule has 30 heavy (non-hydrogen) atoms. The van der Waals surface area contributed by atoms with Gasteiger partial charge in [0, 0.05) is 17.8 Å². The lowest BCUT2D eigenvalue weighted by atomic mass is 10.1. The van der Waals surface area contributed by atoms with Gasteiger partial charge in [-0.05, 0) is 38.1 Å². The van der Waals surface area contributed by atoms with Crippen LogP contribution in [-0.4, -0.2) is 36.6 Å². The summed E-state index contributed by atoms with van der Waals surface area (Å²) in [6, 6.07) is 4.43. The van der Waals surface area contributed by atoms with Crippen molar-refractivity contribution in [3.8, 4) is 11.5 Å². The fraction of sp³-hybridized carbons (Fsp3) is 0.316. The zero-order valence-electron chi connectivity index (χ0n) is 16.3. The van der Waals surface area contributed by atoms with Crippen molar-refractivity contribution >= 4 is 17.5 Å². The smallest absolute Gasteiger partial charge is 0.417 e. The average molecular weight is 427 g/mol. The second kappa shape index (κ2) is 9.33. The maximum atomic E-state index is 12.8. The number of rotatable bonds is 7. The minimum absolute atomic E-state index is 0.00245. The van der Waals surface area contributed by atoms with Crippen LogP contribution in [0.15, 0.2) is 35.3 Å². The quantitative estimate of drug-likeness (QED) is 0.629. The highest BCUT2D eigenvalue weighted by Gasteiger charge is 2.31. The molecule has 2 rings (SSSR count). The molecule has 0 atom stereocenters. The van der Waals surface area contributed by atoms with Gasteiger partial charge in [-0.15, -0.1) is 0 Å². The van der Waals surface area contributed by atoms with Gasteiger partial charge >= 0.3 is 6.18 Å². The van der Waals surface area contributed by atoms with Crippen LogP contribution >= 0.6 is 0 Å². The van der Waals surface area contributed by atoms with Crippen LogP contribution in [0.5, 0.6) is 11.5 Å². The summed E-state index contributed by atoms with van der Waals surface area (Å²) >= 11 is 0. The average Bonchev–Trinajstić information content (AvgIpc) is 2.66. The lowest BCUT2D eigenvalue weighted by Crippen LogP contribution is -2.34. The Hall–Kier alpha value is -3.50. The van der Waals surface area contributed by atoms with Crippen LogP contribution in [0.4, 0.5) is 18.9 Å². The van der Waals surface area contributed by atoms with E-state index in [-0.39, 0.29) is 35.6 Å². The topological polar surface area (TPSA) is 110 Å². The van der Waals surface area contributed by atoms with Gasteiger partial charge in [-0.1, -0.05) is 0 Å². The van der Waals surface area contributed by atoms with Crippen LogP contribution in [-0.2, 0) is 11.0 Å². The molecule has 11 heteroatoms. The molecule has 2 aromatic rings. The van der Waals surface area contributed by atoms with Crippen LogP contribution in [0.25, 0.3) is 0 Å². The fourth-order valence-corrected chi connectivity index (χ4v) is 2.37. The van der Waals surface area contributed by atoms with Crippen LogP contribution in [0.2, 0.25) is 0 Å². The molecule has 1 heterocycles. The number of ether oxygens (including phenoxy) is 2. The predicted molar refractivity (Wildman–Crippen MR) is 102 cm³/mol. The first-order chi connectivity index (χ1) is 14.0. The molecule has 162 valence electrons. The van der Waals surface area contributed by atoms with E-state index in [2.05, 4.69) is 10.6 Å². The first-order valence-electron chi connectivity index (χ1n) is 8.72. The first-order valence-corrected chi connectivity index (χ1v) is 8.72. The third-order valence-electron chi connectivity index (χ3n) is 3.71. The monoisotopic (exact) mass is 427 g/mol. The standard InChI is InChI=1S/C19H20F3N3O5/c1-10(2)24-16(26)9-30-14-5-4-11(6-15(14)29-3)17(27)25-13-7-12(19(20,21)22)8-23-18(13)28/h4-8,10H,9H2,1-3H3,(H,23,28)(H,24,26)(H,25,27). The molecule has 2 amide bonds. The summed E-state index contributed by atoms with van der Waals surface area (Å²) in [5.41, 5.74) is -2.56. The number of amides is 2. The third-order valence-corrected chi connectivity index (χ3v) is 3.71. The van der Waals surface area contributed by atoms with E-state index in [9.17, 15) is 27.6 Å². The van der Waals surface area contributed by atoms with Gasteiger partial charge in [-0.3, -0.25) is 14.4 Å². The minimum atomic E-state index is -4.69. The number of benzene rings is 1. The molecule has 1 aromatic heterocycles. The number of nitrogens with one attached hydrogen (secondary N) is 3. The third kappa shape index (κ3) is 6.00. The van der Waals surface area contributed by atoms with Crippen molar-refractivity contribution in [2.24, 2.45) is 0 Å². The van der Waals surface area contributed by atoms with Crippen LogP contribution in [0, 0.1) is 0 Å². The highest BCUT2D eigenvalue weighted by Crippen LogP contribution is 2.30. The number of aromatic amines is 1. The second-order valence-corrected chi connectivity index (χ2v) is 6.46. The number of halogens is 3. The number of hydrogen-bond donors (Lipinski definition) is 3. The van der Waals surface area contributed by atoms with Crippen molar-refractivity contribution < 1.29 is 32.2 Å². The van der Waals surface area contributed by atoms with Crippen LogP contribution in [0.1, 0.15) is 29.8 Å². The SMILES string of the molecule is COc1cc(C(=O)Nc2cc(C(F)(F)F)c[nH]c2=O)ccc1OCC(=O)NC(C)C. The Kier molecular flexibility index (Phi) is 7.09. The van der Waals surface area contributed by atoms with Crippen molar-refractivity contribution in [3.05, 3.63) is 51.9 Å². The molecule has 0 fully saturated rings. The lowest BCUT2D eigenvalue weighted by molar-refractivity contribution is -0.137. The molecule has 0 aliphatic heterocycles. The van der Waals surface area contributed by atoms with E-state index in [0.717, 1.165) is 0 Å². The predicted octanol–water partition coefficient (Wildman–Crippen LogP) is 2.56. The maximum Gasteiger partial charge on any atom is 0.417 e. The van der Waals surface area contributed by atoms with Crippen LogP contribution < -0.4 is 25.7 Å². The Balaban J connectivity index is 2.17. The Morgan fingerprint density at radius 3 is 2.47 bits per heavy atom. The van der Waals surface area contributed by atoms with E-state index >= 15 is 0 Å². The summed E-state index contributed by atoms with van der Waals surface area (Å²) in [5.74, 6) is -0.873. The van der Waals surface area contributed by atoms with E-state index in [1.807, 2.05) is 4.98 Å². The molecule has 0 bridgehead atoms. The molecular weight excluding hydrogens is 407 g/mol. The summed E-state index contributed by atoms with van der Waals surface area (Å²) in [5, 5.41) is 4.78. The number of carbonyl (C=O) groups is 2. The zero-order valence-corrected chi connectivity index (χ0v) is 16.3. The van der Waals surface area contributed by atoms with Crippen molar-refractivity contribution in [1.82, 2.24) is 10.3 Å². The number of pyridine rings is 1. The number of hydrogen-bond acceptors (Lipinski definition) is 5. The van der Waals surface area contributed by atoms with Crippen molar-refractivity contribution in [1.29, 1.82) is 0 Å². The molecule has 0 saturated heterocycles. The molecule has 0 unspecified atom stereocenters. The number of methoxy groups -OCH3 is 1. The molecular formula is C19H20F3N3O5. The number of alkyl halides is 3. The van der Waals surface area contributed by atoms with Gasteiger partial charge in [0.2, 0.25) is 0 Å². The number of aromatic nitrogens is 1. The van der Waals surface area contributed by atoms with Crippen molar-refractivity contribution in [3.63, 3.8) is 0 Å². The minimum Gasteiger partial charge on any atom is -0.493 e. The van der Waals surface area contributed by atoms with Crippen LogP contribution in [0.3, 0.4) is 0 Å². The molecule has 0 aliphatic rings. The molecule has 0 saturated carbocycles. The molecule has 0 spiro atoms. The molecule has 0 radical (unpaired) electrons. The summed E-state index contributed by atoms with van der Waals surface area (Å²) in [4.78, 5) is 37.7. The number of anilines is 1. The summed E-state index contributed by atoms with van der Waals surface area (Å²) < 4.78 is 48.9. The highest BCUT2D eigenvalue weighted by atomic mass is 19.4. The van der Waals surface area contributed by atoms with Gasteiger partial charge < -0.3 is 25.1 Å². The molecule has 3 N–H and O–H groups in total. The van der Waals surface area contributed by atoms with Gasteiger partial charge in [-0.2, -0.15) is 13.2 Å². The second-order valence-electron chi connectivity index (χ2n) is 6.46. The van der Waals surface area contributed by atoms with E-state index in [0.29, 0.717) is 12.3 Å². The van der Waals surface area contributed by atoms with E-state index in [4.69, 9.17) is 9.47 Å². The Bertz CT molecular complexity index is 986. The Morgan fingerprint density at radius 2 is 1.87 bits per heavy atom. The molecule has 0 aliphatic carbocycles.